The second kappa shape index (κ2) is 9.60. The Morgan fingerprint density at radius 2 is 1.73 bits per heavy atom. The van der Waals surface area contributed by atoms with Crippen molar-refractivity contribution in [3.63, 3.8) is 0 Å². The molecule has 0 spiro atoms. The van der Waals surface area contributed by atoms with Crippen LogP contribution in [0.3, 0.4) is 0 Å². The third kappa shape index (κ3) is 6.04. The minimum Gasteiger partial charge on any atom is -0.350 e. The average molecular weight is 393 g/mol. The molecule has 26 heavy (non-hydrogen) atoms. The molecule has 0 aliphatic carbocycles. The van der Waals surface area contributed by atoms with Crippen LogP contribution in [0.25, 0.3) is 0 Å². The zero-order valence-corrected chi connectivity index (χ0v) is 16.3. The summed E-state index contributed by atoms with van der Waals surface area (Å²) >= 11 is 12.0. The minimum absolute atomic E-state index is 0.159. The third-order valence-electron chi connectivity index (χ3n) is 3.76. The van der Waals surface area contributed by atoms with Gasteiger partial charge in [0, 0.05) is 23.0 Å². The summed E-state index contributed by atoms with van der Waals surface area (Å²) in [5.41, 5.74) is 1.48. The highest BCUT2D eigenvalue weighted by atomic mass is 35.5. The summed E-state index contributed by atoms with van der Waals surface area (Å²) < 4.78 is 0. The molecule has 1 atom stereocenters. The molecule has 0 saturated heterocycles. The Labute approximate surface area is 163 Å². The maximum Gasteiger partial charge on any atom is 0.247 e. The maximum absolute atomic E-state index is 12.7. The molecule has 0 radical (unpaired) electrons. The SMILES string of the molecule is CC(C)CC(=O)NC(C(=O)NCc1ccc(Cl)cc1Cl)c1ccccc1. The van der Waals surface area contributed by atoms with Crippen LogP contribution in [0.15, 0.2) is 48.5 Å². The van der Waals surface area contributed by atoms with Gasteiger partial charge >= 0.3 is 0 Å². The van der Waals surface area contributed by atoms with Gasteiger partial charge in [-0.3, -0.25) is 9.59 Å². The molecule has 0 heterocycles. The molecule has 2 amide bonds. The van der Waals surface area contributed by atoms with E-state index in [-0.39, 0.29) is 24.3 Å². The number of hydrogen-bond acceptors (Lipinski definition) is 2. The molecule has 1 unspecified atom stereocenters. The van der Waals surface area contributed by atoms with Crippen molar-refractivity contribution in [2.75, 3.05) is 0 Å². The largest absolute Gasteiger partial charge is 0.350 e. The number of amides is 2. The molecule has 138 valence electrons. The van der Waals surface area contributed by atoms with Gasteiger partial charge in [0.15, 0.2) is 0 Å². The van der Waals surface area contributed by atoms with Gasteiger partial charge < -0.3 is 10.6 Å². The molecular formula is C20H22Cl2N2O2. The highest BCUT2D eigenvalue weighted by molar-refractivity contribution is 6.35. The maximum atomic E-state index is 12.7. The van der Waals surface area contributed by atoms with E-state index in [0.717, 1.165) is 11.1 Å². The number of benzene rings is 2. The van der Waals surface area contributed by atoms with Gasteiger partial charge in [0.25, 0.3) is 0 Å². The highest BCUT2D eigenvalue weighted by Gasteiger charge is 2.23. The van der Waals surface area contributed by atoms with Crippen molar-refractivity contribution < 1.29 is 9.59 Å². The monoisotopic (exact) mass is 392 g/mol. The molecule has 2 N–H and O–H groups in total. The number of rotatable bonds is 7. The van der Waals surface area contributed by atoms with Crippen LogP contribution in [-0.4, -0.2) is 11.8 Å². The lowest BCUT2D eigenvalue weighted by atomic mass is 10.0. The first-order valence-electron chi connectivity index (χ1n) is 8.42. The van der Waals surface area contributed by atoms with E-state index in [0.29, 0.717) is 16.5 Å². The van der Waals surface area contributed by atoms with Crippen molar-refractivity contribution in [1.82, 2.24) is 10.6 Å². The van der Waals surface area contributed by atoms with Gasteiger partial charge in [0.1, 0.15) is 6.04 Å². The van der Waals surface area contributed by atoms with Crippen LogP contribution >= 0.6 is 23.2 Å². The standard InChI is InChI=1S/C20H22Cl2N2O2/c1-13(2)10-18(25)24-19(14-6-4-3-5-7-14)20(26)23-12-15-8-9-16(21)11-17(15)22/h3-9,11,13,19H,10,12H2,1-2H3,(H,23,26)(H,24,25). The Balaban J connectivity index is 2.11. The van der Waals surface area contributed by atoms with Crippen molar-refractivity contribution in [3.05, 3.63) is 69.7 Å². The molecule has 0 aliphatic rings. The van der Waals surface area contributed by atoms with Crippen LogP contribution in [-0.2, 0) is 16.1 Å². The molecule has 4 nitrogen and oxygen atoms in total. The van der Waals surface area contributed by atoms with Crippen LogP contribution in [0.2, 0.25) is 10.0 Å². The fourth-order valence-corrected chi connectivity index (χ4v) is 2.96. The number of halogens is 2. The molecule has 0 fully saturated rings. The van der Waals surface area contributed by atoms with E-state index < -0.39 is 6.04 Å². The van der Waals surface area contributed by atoms with Crippen LogP contribution in [0, 0.1) is 5.92 Å². The fraction of sp³-hybridized carbons (Fsp3) is 0.300. The summed E-state index contributed by atoms with van der Waals surface area (Å²) in [5.74, 6) is -0.241. The van der Waals surface area contributed by atoms with Gasteiger partial charge in [-0.2, -0.15) is 0 Å². The van der Waals surface area contributed by atoms with E-state index in [1.807, 2.05) is 44.2 Å². The van der Waals surface area contributed by atoms with Crippen molar-refractivity contribution in [2.24, 2.45) is 5.92 Å². The van der Waals surface area contributed by atoms with Crippen molar-refractivity contribution in [1.29, 1.82) is 0 Å². The van der Waals surface area contributed by atoms with E-state index in [2.05, 4.69) is 10.6 Å². The van der Waals surface area contributed by atoms with Crippen LogP contribution in [0.1, 0.15) is 37.4 Å². The van der Waals surface area contributed by atoms with Crippen molar-refractivity contribution >= 4 is 35.0 Å². The molecule has 0 saturated carbocycles. The number of carbonyl (C=O) groups is 2. The lowest BCUT2D eigenvalue weighted by molar-refractivity contribution is -0.129. The Bertz CT molecular complexity index is 764. The lowest BCUT2D eigenvalue weighted by Gasteiger charge is -2.20. The number of carbonyl (C=O) groups excluding carboxylic acids is 2. The van der Waals surface area contributed by atoms with Gasteiger partial charge in [0.2, 0.25) is 11.8 Å². The van der Waals surface area contributed by atoms with E-state index >= 15 is 0 Å². The zero-order chi connectivity index (χ0) is 19.1. The van der Waals surface area contributed by atoms with Crippen molar-refractivity contribution in [3.8, 4) is 0 Å². The molecular weight excluding hydrogens is 371 g/mol. The first-order valence-corrected chi connectivity index (χ1v) is 9.18. The minimum atomic E-state index is -0.756. The van der Waals surface area contributed by atoms with Gasteiger partial charge in [0.05, 0.1) is 0 Å². The summed E-state index contributed by atoms with van der Waals surface area (Å²) in [4.78, 5) is 24.9. The van der Waals surface area contributed by atoms with E-state index in [1.165, 1.54) is 0 Å². The fourth-order valence-electron chi connectivity index (χ4n) is 2.49. The normalized spacial score (nSPS) is 11.9. The summed E-state index contributed by atoms with van der Waals surface area (Å²) in [6.45, 7) is 4.16. The summed E-state index contributed by atoms with van der Waals surface area (Å²) in [5, 5.41) is 6.67. The topological polar surface area (TPSA) is 58.2 Å². The third-order valence-corrected chi connectivity index (χ3v) is 4.35. The smallest absolute Gasteiger partial charge is 0.247 e. The quantitative estimate of drug-likeness (QED) is 0.727. The van der Waals surface area contributed by atoms with Gasteiger partial charge in [-0.1, -0.05) is 73.4 Å². The molecule has 2 aromatic carbocycles. The number of hydrogen-bond donors (Lipinski definition) is 2. The Hall–Kier alpha value is -2.04. The van der Waals surface area contributed by atoms with Gasteiger partial charge in [-0.05, 0) is 29.2 Å². The number of nitrogens with one attached hydrogen (secondary N) is 2. The van der Waals surface area contributed by atoms with Crippen LogP contribution in [0.4, 0.5) is 0 Å². The first-order chi connectivity index (χ1) is 12.4. The molecule has 2 rings (SSSR count). The highest BCUT2D eigenvalue weighted by Crippen LogP contribution is 2.21. The molecule has 2 aromatic rings. The Kier molecular flexibility index (Phi) is 7.49. The molecule has 0 aliphatic heterocycles. The first kappa shape index (κ1) is 20.3. The molecule has 6 heteroatoms. The van der Waals surface area contributed by atoms with E-state index in [4.69, 9.17) is 23.2 Å². The molecule has 0 bridgehead atoms. The predicted octanol–water partition coefficient (Wildman–Crippen LogP) is 4.51. The zero-order valence-electron chi connectivity index (χ0n) is 14.8. The van der Waals surface area contributed by atoms with E-state index in [1.54, 1.807) is 18.2 Å². The summed E-state index contributed by atoms with van der Waals surface area (Å²) in [6, 6.07) is 13.5. The van der Waals surface area contributed by atoms with E-state index in [9.17, 15) is 9.59 Å². The lowest BCUT2D eigenvalue weighted by Crippen LogP contribution is -2.40. The average Bonchev–Trinajstić information content (AvgIpc) is 2.59. The Morgan fingerprint density at radius 1 is 1.04 bits per heavy atom. The molecule has 0 aromatic heterocycles. The summed E-state index contributed by atoms with van der Waals surface area (Å²) in [6.07, 6.45) is 0.361. The van der Waals surface area contributed by atoms with Gasteiger partial charge in [-0.25, -0.2) is 0 Å². The summed E-state index contributed by atoms with van der Waals surface area (Å²) in [7, 11) is 0. The van der Waals surface area contributed by atoms with Gasteiger partial charge in [-0.15, -0.1) is 0 Å². The van der Waals surface area contributed by atoms with Crippen LogP contribution < -0.4 is 10.6 Å². The predicted molar refractivity (Wildman–Crippen MR) is 105 cm³/mol. The van der Waals surface area contributed by atoms with Crippen molar-refractivity contribution in [2.45, 2.75) is 32.9 Å². The Morgan fingerprint density at radius 3 is 2.35 bits per heavy atom. The van der Waals surface area contributed by atoms with Crippen LogP contribution in [0.5, 0.6) is 0 Å². The second-order valence-electron chi connectivity index (χ2n) is 6.46. The second-order valence-corrected chi connectivity index (χ2v) is 7.31.